The van der Waals surface area contributed by atoms with Crippen molar-refractivity contribution in [2.24, 2.45) is 0 Å². The van der Waals surface area contributed by atoms with Crippen LogP contribution in [-0.4, -0.2) is 58.2 Å². The monoisotopic (exact) mass is 498 g/mol. The molecule has 1 N–H and O–H groups in total. The smallest absolute Gasteiger partial charge is 0.236 e. The molecule has 0 saturated heterocycles. The van der Waals surface area contributed by atoms with E-state index in [4.69, 9.17) is 14.2 Å². The number of tetrazole rings is 1. The van der Waals surface area contributed by atoms with Crippen LogP contribution >= 0.6 is 23.1 Å². The van der Waals surface area contributed by atoms with E-state index in [1.165, 1.54) is 23.1 Å². The summed E-state index contributed by atoms with van der Waals surface area (Å²) in [5.41, 5.74) is 3.24. The van der Waals surface area contributed by atoms with Crippen molar-refractivity contribution in [2.45, 2.75) is 12.1 Å². The molecule has 0 fully saturated rings. The van der Waals surface area contributed by atoms with Gasteiger partial charge in [0.25, 0.3) is 0 Å². The molecule has 4 rings (SSSR count). The number of thiazole rings is 1. The maximum absolute atomic E-state index is 12.6. The number of benzene rings is 2. The number of rotatable bonds is 9. The highest BCUT2D eigenvalue weighted by atomic mass is 32.2. The normalized spacial score (nSPS) is 10.7. The van der Waals surface area contributed by atoms with Crippen molar-refractivity contribution in [2.75, 3.05) is 32.4 Å². The van der Waals surface area contributed by atoms with E-state index in [1.54, 1.807) is 32.1 Å². The average molecular weight is 499 g/mol. The van der Waals surface area contributed by atoms with Crippen molar-refractivity contribution in [3.05, 3.63) is 47.3 Å². The molecule has 2 heterocycles. The third kappa shape index (κ3) is 5.13. The van der Waals surface area contributed by atoms with Gasteiger partial charge in [-0.3, -0.25) is 4.79 Å². The molecule has 4 aromatic rings. The number of methoxy groups -OCH3 is 3. The number of nitrogens with one attached hydrogen (secondary N) is 1. The van der Waals surface area contributed by atoms with Gasteiger partial charge in [0, 0.05) is 17.0 Å². The van der Waals surface area contributed by atoms with E-state index < -0.39 is 0 Å². The average Bonchev–Trinajstić information content (AvgIpc) is 3.51. The van der Waals surface area contributed by atoms with E-state index in [2.05, 4.69) is 25.8 Å². The van der Waals surface area contributed by atoms with Crippen molar-refractivity contribution < 1.29 is 19.0 Å². The number of hydrogen-bond acceptors (Lipinski definition) is 10. The molecule has 0 aliphatic carbocycles. The number of anilines is 1. The molecular formula is C22H22N6O4S2. The summed E-state index contributed by atoms with van der Waals surface area (Å²) >= 11 is 2.55. The van der Waals surface area contributed by atoms with Crippen LogP contribution in [0.2, 0.25) is 0 Å². The first-order valence-electron chi connectivity index (χ1n) is 10.1. The van der Waals surface area contributed by atoms with Crippen LogP contribution in [0, 0.1) is 6.92 Å². The summed E-state index contributed by atoms with van der Waals surface area (Å²) in [6.45, 7) is 1.97. The second-order valence-electron chi connectivity index (χ2n) is 6.99. The number of nitrogens with zero attached hydrogens (tertiary/aromatic N) is 5. The van der Waals surface area contributed by atoms with Gasteiger partial charge in [0.05, 0.1) is 32.8 Å². The van der Waals surface area contributed by atoms with Gasteiger partial charge in [-0.25, -0.2) is 4.98 Å². The Morgan fingerprint density at radius 1 is 1.09 bits per heavy atom. The number of aromatic nitrogens is 5. The number of thioether (sulfide) groups is 1. The Bertz CT molecular complexity index is 1310. The Balaban J connectivity index is 1.43. The number of amides is 1. The van der Waals surface area contributed by atoms with Crippen LogP contribution in [0.5, 0.6) is 17.2 Å². The van der Waals surface area contributed by atoms with E-state index in [0.29, 0.717) is 38.9 Å². The van der Waals surface area contributed by atoms with Crippen molar-refractivity contribution in [3.63, 3.8) is 0 Å². The van der Waals surface area contributed by atoms with Crippen molar-refractivity contribution >= 4 is 34.1 Å². The fraction of sp³-hybridized carbons (Fsp3) is 0.227. The van der Waals surface area contributed by atoms with Gasteiger partial charge in [-0.1, -0.05) is 17.8 Å². The van der Waals surface area contributed by atoms with Crippen LogP contribution in [0.15, 0.2) is 46.9 Å². The van der Waals surface area contributed by atoms with Crippen molar-refractivity contribution in [1.29, 1.82) is 0 Å². The number of hydrogen-bond donors (Lipinski definition) is 1. The van der Waals surface area contributed by atoms with Gasteiger partial charge in [-0.15, -0.1) is 16.4 Å². The van der Waals surface area contributed by atoms with E-state index in [-0.39, 0.29) is 11.7 Å². The topological polar surface area (TPSA) is 113 Å². The molecule has 0 aliphatic heterocycles. The Morgan fingerprint density at radius 3 is 2.68 bits per heavy atom. The van der Waals surface area contributed by atoms with Gasteiger partial charge in [0.15, 0.2) is 5.13 Å². The SMILES string of the molecule is COc1ccc(-c2csc(NC(=O)CSc3nnnn3-c3cc(C)ccc3OC)n2)c(OC)c1. The van der Waals surface area contributed by atoms with E-state index in [1.807, 2.05) is 42.6 Å². The third-order valence-electron chi connectivity index (χ3n) is 4.77. The summed E-state index contributed by atoms with van der Waals surface area (Å²) < 4.78 is 17.7. The molecule has 0 spiro atoms. The summed E-state index contributed by atoms with van der Waals surface area (Å²) in [6.07, 6.45) is 0. The maximum Gasteiger partial charge on any atom is 0.236 e. The molecule has 176 valence electrons. The minimum atomic E-state index is -0.224. The van der Waals surface area contributed by atoms with Crippen LogP contribution in [0.4, 0.5) is 5.13 Å². The molecule has 2 aromatic heterocycles. The summed E-state index contributed by atoms with van der Waals surface area (Å²) in [6, 6.07) is 11.2. The van der Waals surface area contributed by atoms with E-state index in [0.717, 1.165) is 11.1 Å². The zero-order chi connectivity index (χ0) is 24.1. The first-order valence-corrected chi connectivity index (χ1v) is 11.9. The highest BCUT2D eigenvalue weighted by Gasteiger charge is 2.17. The van der Waals surface area contributed by atoms with Gasteiger partial charge in [-0.05, 0) is 47.2 Å². The van der Waals surface area contributed by atoms with Crippen LogP contribution in [0.3, 0.4) is 0 Å². The maximum atomic E-state index is 12.6. The molecule has 2 aromatic carbocycles. The lowest BCUT2D eigenvalue weighted by atomic mass is 10.1. The highest BCUT2D eigenvalue weighted by Crippen LogP contribution is 2.35. The third-order valence-corrected chi connectivity index (χ3v) is 6.45. The first kappa shape index (κ1) is 23.5. The van der Waals surface area contributed by atoms with Gasteiger partial charge in [0.2, 0.25) is 11.1 Å². The molecule has 0 radical (unpaired) electrons. The van der Waals surface area contributed by atoms with E-state index in [9.17, 15) is 4.79 Å². The lowest BCUT2D eigenvalue weighted by Gasteiger charge is -2.10. The molecule has 34 heavy (non-hydrogen) atoms. The summed E-state index contributed by atoms with van der Waals surface area (Å²) in [5, 5.41) is 17.5. The van der Waals surface area contributed by atoms with E-state index >= 15 is 0 Å². The van der Waals surface area contributed by atoms with Crippen LogP contribution < -0.4 is 19.5 Å². The fourth-order valence-corrected chi connectivity index (χ4v) is 4.55. The van der Waals surface area contributed by atoms with Crippen LogP contribution in [0.25, 0.3) is 16.9 Å². The molecule has 0 bridgehead atoms. The van der Waals surface area contributed by atoms with Crippen LogP contribution in [0.1, 0.15) is 5.56 Å². The minimum absolute atomic E-state index is 0.106. The summed E-state index contributed by atoms with van der Waals surface area (Å²) in [7, 11) is 4.77. The second kappa shape index (κ2) is 10.5. The fourth-order valence-electron chi connectivity index (χ4n) is 3.14. The molecule has 0 saturated carbocycles. The highest BCUT2D eigenvalue weighted by molar-refractivity contribution is 7.99. The number of aryl methyl sites for hydroxylation is 1. The molecule has 0 aliphatic rings. The predicted octanol–water partition coefficient (Wildman–Crippen LogP) is 3.85. The zero-order valence-electron chi connectivity index (χ0n) is 18.9. The number of carbonyl (C=O) groups excluding carboxylic acids is 1. The lowest BCUT2D eigenvalue weighted by Crippen LogP contribution is -2.14. The molecule has 0 unspecified atom stereocenters. The molecule has 1 amide bonds. The summed E-state index contributed by atoms with van der Waals surface area (Å²) in [5.74, 6) is 1.84. The van der Waals surface area contributed by atoms with Gasteiger partial charge in [0.1, 0.15) is 22.9 Å². The quantitative estimate of drug-likeness (QED) is 0.344. The van der Waals surface area contributed by atoms with Crippen molar-refractivity contribution in [3.8, 4) is 34.2 Å². The Morgan fingerprint density at radius 2 is 1.91 bits per heavy atom. The standard InChI is InChI=1S/C22H22N6O4S2/c1-13-5-8-18(31-3)17(9-13)28-22(25-26-27-28)34-12-20(29)24-21-23-16(11-33-21)15-7-6-14(30-2)10-19(15)32-4/h5-11H,12H2,1-4H3,(H,23,24,29). The molecular weight excluding hydrogens is 476 g/mol. The number of ether oxygens (including phenoxy) is 3. The minimum Gasteiger partial charge on any atom is -0.497 e. The van der Waals surface area contributed by atoms with Crippen LogP contribution in [-0.2, 0) is 4.79 Å². The lowest BCUT2D eigenvalue weighted by molar-refractivity contribution is -0.113. The van der Waals surface area contributed by atoms with Crippen molar-refractivity contribution in [1.82, 2.24) is 25.2 Å². The molecule has 10 nitrogen and oxygen atoms in total. The predicted molar refractivity (Wildman–Crippen MR) is 130 cm³/mol. The first-order chi connectivity index (χ1) is 16.5. The molecule has 12 heteroatoms. The molecule has 0 atom stereocenters. The Kier molecular flexibility index (Phi) is 7.28. The van der Waals surface area contributed by atoms with Gasteiger partial charge in [-0.2, -0.15) is 4.68 Å². The zero-order valence-corrected chi connectivity index (χ0v) is 20.6. The summed E-state index contributed by atoms with van der Waals surface area (Å²) in [4.78, 5) is 17.1. The Hall–Kier alpha value is -3.64. The van der Waals surface area contributed by atoms with Gasteiger partial charge < -0.3 is 19.5 Å². The largest absolute Gasteiger partial charge is 0.497 e. The van der Waals surface area contributed by atoms with Gasteiger partial charge >= 0.3 is 0 Å². The number of carbonyl (C=O) groups is 1. The Labute approximate surface area is 204 Å². The second-order valence-corrected chi connectivity index (χ2v) is 8.79.